The minimum Gasteiger partial charge on any atom is -0.263 e. The van der Waals surface area contributed by atoms with Crippen LogP contribution in [0.1, 0.15) is 12.5 Å². The Morgan fingerprint density at radius 3 is 2.91 bits per heavy atom. The molecule has 0 saturated carbocycles. The fourth-order valence-electron chi connectivity index (χ4n) is 0.947. The monoisotopic (exact) mass is 167 g/mol. The van der Waals surface area contributed by atoms with E-state index >= 15 is 0 Å². The van der Waals surface area contributed by atoms with Crippen LogP contribution in [0.2, 0.25) is 0 Å². The van der Waals surface area contributed by atoms with Crippen LogP contribution in [-0.2, 0) is 6.42 Å². The summed E-state index contributed by atoms with van der Waals surface area (Å²) in [5.74, 6) is 0. The third-order valence-corrected chi connectivity index (χ3v) is 2.22. The van der Waals surface area contributed by atoms with E-state index in [9.17, 15) is 0 Å². The van der Waals surface area contributed by atoms with Crippen molar-refractivity contribution in [2.45, 2.75) is 18.2 Å². The highest BCUT2D eigenvalue weighted by molar-refractivity contribution is 7.97. The summed E-state index contributed by atoms with van der Waals surface area (Å²) >= 11 is 1.65. The molecule has 2 heteroatoms. The van der Waals surface area contributed by atoms with Crippen LogP contribution in [0.15, 0.2) is 29.2 Å². The number of benzene rings is 1. The Kier molecular flexibility index (Phi) is 3.46. The van der Waals surface area contributed by atoms with Crippen LogP contribution >= 0.6 is 11.9 Å². The smallest absolute Gasteiger partial charge is 0.0230 e. The number of aryl methyl sites for hydroxylation is 1. The maximum atomic E-state index is 3.05. The summed E-state index contributed by atoms with van der Waals surface area (Å²) in [4.78, 5) is 1.28. The molecular weight excluding hydrogens is 154 g/mol. The lowest BCUT2D eigenvalue weighted by molar-refractivity contribution is 1.12. The average Bonchev–Trinajstić information content (AvgIpc) is 2.06. The molecule has 0 fully saturated rings. The van der Waals surface area contributed by atoms with Gasteiger partial charge in [-0.1, -0.05) is 19.1 Å². The molecule has 1 N–H and O–H groups in total. The molecule has 0 saturated heterocycles. The maximum absolute atomic E-state index is 3.05. The molecule has 0 atom stereocenters. The van der Waals surface area contributed by atoms with E-state index in [4.69, 9.17) is 0 Å². The van der Waals surface area contributed by atoms with Crippen molar-refractivity contribution in [3.05, 3.63) is 29.8 Å². The molecular formula is C9H13NS. The van der Waals surface area contributed by atoms with E-state index in [2.05, 4.69) is 35.9 Å². The van der Waals surface area contributed by atoms with Crippen molar-refractivity contribution >= 4 is 11.9 Å². The summed E-state index contributed by atoms with van der Waals surface area (Å²) in [6.45, 7) is 2.17. The number of rotatable bonds is 3. The predicted octanol–water partition coefficient (Wildman–Crippen LogP) is 2.48. The fraction of sp³-hybridized carbons (Fsp3) is 0.333. The van der Waals surface area contributed by atoms with Gasteiger partial charge in [-0.2, -0.15) is 0 Å². The van der Waals surface area contributed by atoms with Gasteiger partial charge >= 0.3 is 0 Å². The van der Waals surface area contributed by atoms with Gasteiger partial charge in [-0.05, 0) is 43.1 Å². The molecule has 0 aliphatic carbocycles. The first-order valence-electron chi connectivity index (χ1n) is 3.79. The molecule has 0 aliphatic rings. The molecule has 0 aliphatic heterocycles. The molecule has 1 aromatic carbocycles. The minimum absolute atomic E-state index is 1.11. The van der Waals surface area contributed by atoms with Gasteiger partial charge in [0.25, 0.3) is 0 Å². The van der Waals surface area contributed by atoms with Gasteiger partial charge in [0.2, 0.25) is 0 Å². The summed E-state index contributed by atoms with van der Waals surface area (Å²) in [5.41, 5.74) is 1.39. The quantitative estimate of drug-likeness (QED) is 0.694. The first-order chi connectivity index (χ1) is 5.36. The van der Waals surface area contributed by atoms with Gasteiger partial charge in [-0.15, -0.1) is 0 Å². The third-order valence-electron chi connectivity index (χ3n) is 1.53. The second-order valence-electron chi connectivity index (χ2n) is 2.31. The zero-order valence-corrected chi connectivity index (χ0v) is 7.74. The van der Waals surface area contributed by atoms with Crippen molar-refractivity contribution in [1.82, 2.24) is 4.72 Å². The van der Waals surface area contributed by atoms with Crippen molar-refractivity contribution in [1.29, 1.82) is 0 Å². The number of hydrogen-bond donors (Lipinski definition) is 1. The van der Waals surface area contributed by atoms with Crippen LogP contribution in [0.25, 0.3) is 0 Å². The van der Waals surface area contributed by atoms with Gasteiger partial charge in [-0.25, -0.2) is 0 Å². The lowest BCUT2D eigenvalue weighted by Gasteiger charge is -2.00. The molecule has 0 heterocycles. The second-order valence-corrected chi connectivity index (χ2v) is 3.39. The van der Waals surface area contributed by atoms with E-state index in [1.165, 1.54) is 10.5 Å². The summed E-state index contributed by atoms with van der Waals surface area (Å²) < 4.78 is 3.05. The first-order valence-corrected chi connectivity index (χ1v) is 4.61. The summed E-state index contributed by atoms with van der Waals surface area (Å²) in [5, 5.41) is 0. The highest BCUT2D eigenvalue weighted by atomic mass is 32.2. The van der Waals surface area contributed by atoms with Gasteiger partial charge in [0.05, 0.1) is 0 Å². The molecule has 0 aromatic heterocycles. The largest absolute Gasteiger partial charge is 0.263 e. The van der Waals surface area contributed by atoms with Crippen LogP contribution < -0.4 is 4.72 Å². The topological polar surface area (TPSA) is 12.0 Å². The van der Waals surface area contributed by atoms with Crippen molar-refractivity contribution in [2.75, 3.05) is 7.05 Å². The molecule has 11 heavy (non-hydrogen) atoms. The lowest BCUT2D eigenvalue weighted by Crippen LogP contribution is -1.90. The van der Waals surface area contributed by atoms with Gasteiger partial charge in [0.15, 0.2) is 0 Å². The fourth-order valence-corrected chi connectivity index (χ4v) is 1.54. The number of hydrogen-bond acceptors (Lipinski definition) is 2. The van der Waals surface area contributed by atoms with Gasteiger partial charge in [0.1, 0.15) is 0 Å². The normalized spacial score (nSPS) is 10.0. The SMILES string of the molecule is CCc1cccc(SNC)c1. The van der Waals surface area contributed by atoms with E-state index in [1.54, 1.807) is 11.9 Å². The van der Waals surface area contributed by atoms with E-state index in [0.717, 1.165) is 6.42 Å². The van der Waals surface area contributed by atoms with Gasteiger partial charge in [0, 0.05) is 4.90 Å². The Balaban J connectivity index is 2.74. The van der Waals surface area contributed by atoms with Crippen LogP contribution in [0.4, 0.5) is 0 Å². The summed E-state index contributed by atoms with van der Waals surface area (Å²) in [6.07, 6.45) is 1.11. The molecule has 0 radical (unpaired) electrons. The highest BCUT2D eigenvalue weighted by Crippen LogP contribution is 2.15. The van der Waals surface area contributed by atoms with Crippen LogP contribution in [0.3, 0.4) is 0 Å². The average molecular weight is 167 g/mol. The Hall–Kier alpha value is -0.470. The molecule has 0 unspecified atom stereocenters. The third kappa shape index (κ3) is 2.56. The lowest BCUT2D eigenvalue weighted by atomic mass is 10.2. The van der Waals surface area contributed by atoms with E-state index in [1.807, 2.05) is 7.05 Å². The second kappa shape index (κ2) is 4.42. The highest BCUT2D eigenvalue weighted by Gasteiger charge is 1.92. The molecule has 60 valence electrons. The van der Waals surface area contributed by atoms with Crippen molar-refractivity contribution < 1.29 is 0 Å². The van der Waals surface area contributed by atoms with Gasteiger partial charge in [-0.3, -0.25) is 4.72 Å². The van der Waals surface area contributed by atoms with Gasteiger partial charge < -0.3 is 0 Å². The molecule has 0 amide bonds. The van der Waals surface area contributed by atoms with Crippen LogP contribution in [0.5, 0.6) is 0 Å². The van der Waals surface area contributed by atoms with E-state index in [-0.39, 0.29) is 0 Å². The zero-order valence-electron chi connectivity index (χ0n) is 6.92. The predicted molar refractivity (Wildman–Crippen MR) is 50.7 cm³/mol. The molecule has 1 aromatic rings. The number of nitrogens with one attached hydrogen (secondary N) is 1. The summed E-state index contributed by atoms with van der Waals surface area (Å²) in [6, 6.07) is 8.57. The Morgan fingerprint density at radius 1 is 1.45 bits per heavy atom. The standard InChI is InChI=1S/C9H13NS/c1-3-8-5-4-6-9(7-8)11-10-2/h4-7,10H,3H2,1-2H3. The molecule has 1 rings (SSSR count). The Bertz CT molecular complexity index is 223. The zero-order chi connectivity index (χ0) is 8.10. The van der Waals surface area contributed by atoms with E-state index < -0.39 is 0 Å². The van der Waals surface area contributed by atoms with Crippen molar-refractivity contribution in [3.8, 4) is 0 Å². The van der Waals surface area contributed by atoms with Crippen molar-refractivity contribution in [3.63, 3.8) is 0 Å². The first kappa shape index (κ1) is 8.62. The van der Waals surface area contributed by atoms with Crippen LogP contribution in [-0.4, -0.2) is 7.05 Å². The molecule has 0 spiro atoms. The molecule has 0 bridgehead atoms. The Morgan fingerprint density at radius 2 is 2.27 bits per heavy atom. The van der Waals surface area contributed by atoms with Crippen LogP contribution in [0, 0.1) is 0 Å². The molecule has 1 nitrogen and oxygen atoms in total. The van der Waals surface area contributed by atoms with Crippen molar-refractivity contribution in [2.24, 2.45) is 0 Å². The summed E-state index contributed by atoms with van der Waals surface area (Å²) in [7, 11) is 1.93. The minimum atomic E-state index is 1.11. The maximum Gasteiger partial charge on any atom is 0.0230 e. The Labute approximate surface area is 72.3 Å². The van der Waals surface area contributed by atoms with E-state index in [0.29, 0.717) is 0 Å².